The summed E-state index contributed by atoms with van der Waals surface area (Å²) in [5, 5.41) is 16.6. The Morgan fingerprint density at radius 1 is 1.00 bits per heavy atom. The molecule has 3 aromatic carbocycles. The van der Waals surface area contributed by atoms with Gasteiger partial charge in [-0.3, -0.25) is 10.1 Å². The van der Waals surface area contributed by atoms with Gasteiger partial charge in [-0.2, -0.15) is 0 Å². The van der Waals surface area contributed by atoms with Crippen molar-refractivity contribution in [2.75, 3.05) is 12.4 Å². The van der Waals surface area contributed by atoms with Crippen molar-refractivity contribution in [3.63, 3.8) is 0 Å². The monoisotopic (exact) mass is 489 g/mol. The molecule has 3 amide bonds. The molecule has 4 aromatic rings. The molecule has 0 radical (unpaired) electrons. The predicted octanol–water partition coefficient (Wildman–Crippen LogP) is 4.53. The molecule has 9 heteroatoms. The van der Waals surface area contributed by atoms with Crippen LogP contribution in [0.15, 0.2) is 71.1 Å². The van der Waals surface area contributed by atoms with Crippen LogP contribution in [-0.2, 0) is 12.8 Å². The summed E-state index contributed by atoms with van der Waals surface area (Å²) in [4.78, 5) is 24.2. The van der Waals surface area contributed by atoms with E-state index in [0.29, 0.717) is 52.1 Å². The SMILES string of the molecule is COc1ccccc1C(=O)Nc1ccccc1CCc1oc2cccc(C(=S)NC(N)=O)c2c1O. The van der Waals surface area contributed by atoms with Gasteiger partial charge in [0.25, 0.3) is 5.91 Å². The first-order valence-electron chi connectivity index (χ1n) is 10.8. The van der Waals surface area contributed by atoms with Crippen molar-refractivity contribution < 1.29 is 23.8 Å². The fourth-order valence-electron chi connectivity index (χ4n) is 3.85. The number of para-hydroxylation sites is 2. The number of anilines is 1. The summed E-state index contributed by atoms with van der Waals surface area (Å²) in [6.07, 6.45) is 0.840. The number of carbonyl (C=O) groups excluding carboxylic acids is 2. The first kappa shape index (κ1) is 23.8. The van der Waals surface area contributed by atoms with Crippen LogP contribution in [-0.4, -0.2) is 29.1 Å². The molecule has 35 heavy (non-hydrogen) atoms. The van der Waals surface area contributed by atoms with Crippen LogP contribution in [0.3, 0.4) is 0 Å². The maximum absolute atomic E-state index is 12.9. The highest BCUT2D eigenvalue weighted by Gasteiger charge is 2.20. The van der Waals surface area contributed by atoms with Crippen LogP contribution in [0, 0.1) is 0 Å². The van der Waals surface area contributed by atoms with Gasteiger partial charge in [0.2, 0.25) is 0 Å². The summed E-state index contributed by atoms with van der Waals surface area (Å²) < 4.78 is 11.2. The van der Waals surface area contributed by atoms with E-state index in [2.05, 4.69) is 10.6 Å². The Bertz CT molecular complexity index is 1430. The number of benzene rings is 3. The molecule has 0 fully saturated rings. The number of amides is 3. The number of furan rings is 1. The average Bonchev–Trinajstić information content (AvgIpc) is 3.18. The van der Waals surface area contributed by atoms with Gasteiger partial charge in [-0.25, -0.2) is 4.79 Å². The summed E-state index contributed by atoms with van der Waals surface area (Å²) in [5.41, 5.74) is 7.97. The fraction of sp³-hybridized carbons (Fsp3) is 0.115. The smallest absolute Gasteiger partial charge is 0.317 e. The second kappa shape index (κ2) is 10.3. The highest BCUT2D eigenvalue weighted by molar-refractivity contribution is 7.80. The molecule has 1 heterocycles. The number of nitrogens with two attached hydrogens (primary N) is 1. The molecule has 0 unspecified atom stereocenters. The first-order valence-corrected chi connectivity index (χ1v) is 11.2. The van der Waals surface area contributed by atoms with Crippen LogP contribution < -0.4 is 21.1 Å². The van der Waals surface area contributed by atoms with Gasteiger partial charge in [-0.1, -0.05) is 54.7 Å². The third-order valence-corrected chi connectivity index (χ3v) is 5.80. The van der Waals surface area contributed by atoms with Crippen molar-refractivity contribution in [2.24, 2.45) is 5.73 Å². The summed E-state index contributed by atoms with van der Waals surface area (Å²) in [6.45, 7) is 0. The Hall–Kier alpha value is -4.37. The molecule has 0 atom stereocenters. The van der Waals surface area contributed by atoms with Crippen molar-refractivity contribution in [2.45, 2.75) is 12.8 Å². The fourth-order valence-corrected chi connectivity index (χ4v) is 4.12. The number of hydrogen-bond donors (Lipinski definition) is 4. The van der Waals surface area contributed by atoms with Gasteiger partial charge in [0, 0.05) is 17.7 Å². The van der Waals surface area contributed by atoms with Crippen LogP contribution in [0.1, 0.15) is 27.2 Å². The molecule has 178 valence electrons. The van der Waals surface area contributed by atoms with E-state index in [1.807, 2.05) is 24.3 Å². The normalized spacial score (nSPS) is 10.7. The number of primary amides is 1. The van der Waals surface area contributed by atoms with Crippen LogP contribution >= 0.6 is 12.2 Å². The Morgan fingerprint density at radius 3 is 2.49 bits per heavy atom. The van der Waals surface area contributed by atoms with E-state index in [4.69, 9.17) is 27.1 Å². The summed E-state index contributed by atoms with van der Waals surface area (Å²) >= 11 is 5.24. The first-order chi connectivity index (χ1) is 16.9. The number of aryl methyl sites for hydroxylation is 2. The number of aromatic hydroxyl groups is 1. The van der Waals surface area contributed by atoms with Gasteiger partial charge in [0.1, 0.15) is 22.1 Å². The van der Waals surface area contributed by atoms with E-state index in [1.165, 1.54) is 7.11 Å². The molecular weight excluding hydrogens is 466 g/mol. The van der Waals surface area contributed by atoms with E-state index in [9.17, 15) is 14.7 Å². The van der Waals surface area contributed by atoms with Gasteiger partial charge in [-0.15, -0.1) is 0 Å². The molecule has 0 bridgehead atoms. The zero-order valence-corrected chi connectivity index (χ0v) is 19.6. The predicted molar refractivity (Wildman–Crippen MR) is 137 cm³/mol. The highest BCUT2D eigenvalue weighted by atomic mass is 32.1. The van der Waals surface area contributed by atoms with E-state index in [-0.39, 0.29) is 16.6 Å². The second-order valence-corrected chi connectivity index (χ2v) is 8.09. The maximum atomic E-state index is 12.9. The number of rotatable bonds is 7. The Kier molecular flexibility index (Phi) is 6.98. The zero-order chi connectivity index (χ0) is 24.9. The van der Waals surface area contributed by atoms with Gasteiger partial charge in [0.15, 0.2) is 5.75 Å². The minimum Gasteiger partial charge on any atom is -0.504 e. The summed E-state index contributed by atoms with van der Waals surface area (Å²) in [6, 6.07) is 18.7. The van der Waals surface area contributed by atoms with Gasteiger partial charge < -0.3 is 25.3 Å². The average molecular weight is 490 g/mol. The number of urea groups is 1. The Labute approximate surface area is 206 Å². The lowest BCUT2D eigenvalue weighted by Crippen LogP contribution is -2.34. The molecule has 0 aliphatic carbocycles. The molecule has 0 saturated carbocycles. The van der Waals surface area contributed by atoms with Crippen LogP contribution in [0.25, 0.3) is 11.0 Å². The summed E-state index contributed by atoms with van der Waals surface area (Å²) in [7, 11) is 1.52. The molecule has 8 nitrogen and oxygen atoms in total. The van der Waals surface area contributed by atoms with Gasteiger partial charge in [0.05, 0.1) is 18.1 Å². The molecule has 0 saturated heterocycles. The van der Waals surface area contributed by atoms with Gasteiger partial charge in [-0.05, 0) is 36.2 Å². The summed E-state index contributed by atoms with van der Waals surface area (Å²) in [5.74, 6) is 0.496. The van der Waals surface area contributed by atoms with E-state index in [0.717, 1.165) is 5.56 Å². The number of nitrogens with one attached hydrogen (secondary N) is 2. The number of hydrogen-bond acceptors (Lipinski definition) is 6. The Balaban J connectivity index is 1.56. The largest absolute Gasteiger partial charge is 0.504 e. The van der Waals surface area contributed by atoms with E-state index < -0.39 is 6.03 Å². The van der Waals surface area contributed by atoms with E-state index >= 15 is 0 Å². The number of fused-ring (bicyclic) bond motifs is 1. The number of methoxy groups -OCH3 is 1. The van der Waals surface area contributed by atoms with Crippen molar-refractivity contribution >= 4 is 45.8 Å². The third kappa shape index (κ3) is 5.10. The van der Waals surface area contributed by atoms with Gasteiger partial charge >= 0.3 is 6.03 Å². The standard InChI is InChI=1S/C26H23N3O5S/c1-33-19-11-5-3-8-16(19)24(31)28-18-10-4-2-7-15(18)13-14-21-23(30)22-17(25(35)29-26(27)32)9-6-12-20(22)34-21/h2-12,30H,13-14H2,1H3,(H,28,31)(H3,27,29,32,35). The number of ether oxygens (including phenoxy) is 1. The molecule has 0 spiro atoms. The number of carbonyl (C=O) groups is 2. The van der Waals surface area contributed by atoms with Crippen molar-refractivity contribution in [1.29, 1.82) is 0 Å². The topological polar surface area (TPSA) is 127 Å². The Morgan fingerprint density at radius 2 is 1.71 bits per heavy atom. The minimum atomic E-state index is -0.790. The van der Waals surface area contributed by atoms with E-state index in [1.54, 1.807) is 42.5 Å². The van der Waals surface area contributed by atoms with Crippen molar-refractivity contribution in [3.05, 3.63) is 89.2 Å². The molecule has 4 rings (SSSR count). The quantitative estimate of drug-likeness (QED) is 0.283. The lowest BCUT2D eigenvalue weighted by Gasteiger charge is -2.12. The van der Waals surface area contributed by atoms with Crippen LogP contribution in [0.5, 0.6) is 11.5 Å². The van der Waals surface area contributed by atoms with Crippen molar-refractivity contribution in [3.8, 4) is 11.5 Å². The molecule has 5 N–H and O–H groups in total. The van der Waals surface area contributed by atoms with Crippen LogP contribution in [0.2, 0.25) is 0 Å². The lowest BCUT2D eigenvalue weighted by molar-refractivity contribution is 0.102. The molecule has 1 aromatic heterocycles. The molecular formula is C26H23N3O5S. The van der Waals surface area contributed by atoms with Crippen molar-refractivity contribution in [1.82, 2.24) is 5.32 Å². The van der Waals surface area contributed by atoms with Crippen LogP contribution in [0.4, 0.5) is 10.5 Å². The maximum Gasteiger partial charge on any atom is 0.317 e. The number of thiocarbonyl (C=S) groups is 1. The minimum absolute atomic E-state index is 0.0558. The second-order valence-electron chi connectivity index (χ2n) is 7.68. The molecule has 0 aliphatic heterocycles. The third-order valence-electron chi connectivity index (χ3n) is 5.48. The lowest BCUT2D eigenvalue weighted by atomic mass is 10.0. The zero-order valence-electron chi connectivity index (χ0n) is 18.8. The highest BCUT2D eigenvalue weighted by Crippen LogP contribution is 2.36. The molecule has 0 aliphatic rings.